The molecule has 0 aliphatic rings. The summed E-state index contributed by atoms with van der Waals surface area (Å²) < 4.78 is 7.12. The first-order valence-electron chi connectivity index (χ1n) is 9.83. The summed E-state index contributed by atoms with van der Waals surface area (Å²) >= 11 is 7.32. The monoisotopic (exact) mass is 460 g/mol. The molecule has 158 valence electrons. The van der Waals surface area contributed by atoms with Gasteiger partial charge >= 0.3 is 0 Å². The lowest BCUT2D eigenvalue weighted by molar-refractivity contribution is 0.433. The van der Waals surface area contributed by atoms with Gasteiger partial charge in [-0.05, 0) is 47.9 Å². The molecule has 32 heavy (non-hydrogen) atoms. The van der Waals surface area contributed by atoms with E-state index in [4.69, 9.17) is 16.1 Å². The molecule has 0 spiro atoms. The number of thiophene rings is 1. The normalized spacial score (nSPS) is 11.2. The molecule has 0 saturated heterocycles. The molecular formula is C24H17ClN4O2S. The Morgan fingerprint density at radius 2 is 1.91 bits per heavy atom. The first-order valence-corrected chi connectivity index (χ1v) is 11.0. The van der Waals surface area contributed by atoms with E-state index in [9.17, 15) is 4.79 Å². The van der Waals surface area contributed by atoms with E-state index in [-0.39, 0.29) is 5.56 Å². The van der Waals surface area contributed by atoms with Gasteiger partial charge in [0, 0.05) is 10.6 Å². The van der Waals surface area contributed by atoms with Crippen molar-refractivity contribution in [2.24, 2.45) is 0 Å². The Morgan fingerprint density at radius 1 is 1.16 bits per heavy atom. The maximum atomic E-state index is 13.2. The number of aromatic nitrogens is 4. The minimum atomic E-state index is -0.0970. The van der Waals surface area contributed by atoms with Crippen molar-refractivity contribution in [2.45, 2.75) is 13.5 Å². The molecule has 0 radical (unpaired) electrons. The maximum absolute atomic E-state index is 13.2. The lowest BCUT2D eigenvalue weighted by Gasteiger charge is -2.06. The van der Waals surface area contributed by atoms with E-state index in [0.717, 1.165) is 27.1 Å². The average Bonchev–Trinajstić information content (AvgIpc) is 3.42. The van der Waals surface area contributed by atoms with Crippen molar-refractivity contribution in [3.8, 4) is 22.2 Å². The topological polar surface area (TPSA) is 73.8 Å². The summed E-state index contributed by atoms with van der Waals surface area (Å²) in [5.74, 6) is 0.822. The minimum Gasteiger partial charge on any atom is -0.333 e. The molecule has 3 heterocycles. The number of halogens is 1. The van der Waals surface area contributed by atoms with Gasteiger partial charge in [-0.2, -0.15) is 4.98 Å². The molecule has 5 rings (SSSR count). The zero-order valence-corrected chi connectivity index (χ0v) is 18.7. The van der Waals surface area contributed by atoms with Crippen molar-refractivity contribution in [3.63, 3.8) is 0 Å². The molecule has 0 aliphatic carbocycles. The summed E-state index contributed by atoms with van der Waals surface area (Å²) in [7, 11) is 0. The van der Waals surface area contributed by atoms with Crippen molar-refractivity contribution >= 4 is 39.2 Å². The predicted molar refractivity (Wildman–Crippen MR) is 128 cm³/mol. The van der Waals surface area contributed by atoms with E-state index >= 15 is 0 Å². The molecule has 0 bridgehead atoms. The Labute approximate surface area is 192 Å². The number of hydrogen-bond acceptors (Lipinski definition) is 6. The number of benzene rings is 2. The lowest BCUT2D eigenvalue weighted by atomic mass is 10.1. The zero-order chi connectivity index (χ0) is 22.2. The van der Waals surface area contributed by atoms with Gasteiger partial charge in [-0.15, -0.1) is 11.3 Å². The van der Waals surface area contributed by atoms with E-state index in [2.05, 4.69) is 21.7 Å². The number of nitrogens with zero attached hydrogens (tertiary/aromatic N) is 4. The van der Waals surface area contributed by atoms with Crippen LogP contribution in [-0.4, -0.2) is 19.7 Å². The van der Waals surface area contributed by atoms with Gasteiger partial charge in [-0.3, -0.25) is 9.36 Å². The van der Waals surface area contributed by atoms with Crippen LogP contribution in [0.5, 0.6) is 0 Å². The predicted octanol–water partition coefficient (Wildman–Crippen LogP) is 5.83. The van der Waals surface area contributed by atoms with E-state index in [1.54, 1.807) is 29.1 Å². The molecule has 3 aromatic heterocycles. The zero-order valence-electron chi connectivity index (χ0n) is 17.1. The summed E-state index contributed by atoms with van der Waals surface area (Å²) in [5, 5.41) is 5.29. The Balaban J connectivity index is 1.51. The number of hydrogen-bond donors (Lipinski definition) is 0. The van der Waals surface area contributed by atoms with Crippen molar-refractivity contribution in [1.82, 2.24) is 19.7 Å². The van der Waals surface area contributed by atoms with E-state index < -0.39 is 0 Å². The molecule has 5 aromatic rings. The van der Waals surface area contributed by atoms with Crippen molar-refractivity contribution in [3.05, 3.63) is 93.5 Å². The van der Waals surface area contributed by atoms with Crippen LogP contribution in [0.3, 0.4) is 0 Å². The average molecular weight is 461 g/mol. The van der Waals surface area contributed by atoms with Gasteiger partial charge in [0.2, 0.25) is 5.82 Å². The second-order valence-corrected chi connectivity index (χ2v) is 8.73. The molecule has 0 unspecified atom stereocenters. The standard InChI is InChI=1S/C24H17ClN4O2S/c1-3-15-4-6-16(7-5-15)12-29-13-26-23-19(24(29)30)14(2)20(32-23)22-27-21(28-31-22)17-8-10-18(25)11-9-17/h3-11,13H,1,12H2,2H3. The highest BCUT2D eigenvalue weighted by Gasteiger charge is 2.20. The third kappa shape index (κ3) is 3.66. The summed E-state index contributed by atoms with van der Waals surface area (Å²) in [6.45, 7) is 6.08. The van der Waals surface area contributed by atoms with Gasteiger partial charge < -0.3 is 4.52 Å². The summed E-state index contributed by atoms with van der Waals surface area (Å²) in [6, 6.07) is 15.1. The van der Waals surface area contributed by atoms with Crippen LogP contribution in [-0.2, 0) is 6.54 Å². The Morgan fingerprint density at radius 3 is 2.62 bits per heavy atom. The quantitative estimate of drug-likeness (QED) is 0.330. The van der Waals surface area contributed by atoms with Gasteiger partial charge in [-0.1, -0.05) is 53.7 Å². The van der Waals surface area contributed by atoms with Crippen molar-refractivity contribution < 1.29 is 4.52 Å². The fourth-order valence-corrected chi connectivity index (χ4v) is 4.65. The van der Waals surface area contributed by atoms with E-state index in [1.807, 2.05) is 43.3 Å². The highest BCUT2D eigenvalue weighted by Crippen LogP contribution is 2.35. The highest BCUT2D eigenvalue weighted by molar-refractivity contribution is 7.22. The third-order valence-corrected chi connectivity index (χ3v) is 6.65. The van der Waals surface area contributed by atoms with Crippen LogP contribution < -0.4 is 5.56 Å². The molecule has 6 nitrogen and oxygen atoms in total. The molecule has 0 N–H and O–H groups in total. The van der Waals surface area contributed by atoms with Crippen LogP contribution in [0.2, 0.25) is 5.02 Å². The number of rotatable bonds is 5. The fourth-order valence-electron chi connectivity index (χ4n) is 3.46. The van der Waals surface area contributed by atoms with Gasteiger partial charge in [0.25, 0.3) is 11.4 Å². The third-order valence-electron chi connectivity index (χ3n) is 5.21. The fraction of sp³-hybridized carbons (Fsp3) is 0.0833. The summed E-state index contributed by atoms with van der Waals surface area (Å²) in [6.07, 6.45) is 3.37. The molecule has 2 aromatic carbocycles. The molecular weight excluding hydrogens is 444 g/mol. The molecule has 0 aliphatic heterocycles. The van der Waals surface area contributed by atoms with Crippen LogP contribution >= 0.6 is 22.9 Å². The van der Waals surface area contributed by atoms with E-state index in [0.29, 0.717) is 33.5 Å². The number of aryl methyl sites for hydroxylation is 1. The van der Waals surface area contributed by atoms with Crippen LogP contribution in [0.15, 0.2) is 70.8 Å². The second kappa shape index (κ2) is 8.18. The van der Waals surface area contributed by atoms with E-state index in [1.165, 1.54) is 11.3 Å². The largest absolute Gasteiger partial charge is 0.333 e. The van der Waals surface area contributed by atoms with Gasteiger partial charge in [0.15, 0.2) is 0 Å². The molecule has 0 amide bonds. The maximum Gasteiger partial charge on any atom is 0.268 e. The van der Waals surface area contributed by atoms with Crippen LogP contribution in [0.4, 0.5) is 0 Å². The van der Waals surface area contributed by atoms with Crippen molar-refractivity contribution in [1.29, 1.82) is 0 Å². The lowest BCUT2D eigenvalue weighted by Crippen LogP contribution is -2.21. The molecule has 8 heteroatoms. The summed E-state index contributed by atoms with van der Waals surface area (Å²) in [5.41, 5.74) is 3.53. The molecule has 0 saturated carbocycles. The first-order chi connectivity index (χ1) is 15.5. The first kappa shape index (κ1) is 20.4. The highest BCUT2D eigenvalue weighted by atomic mass is 35.5. The Bertz CT molecular complexity index is 1500. The minimum absolute atomic E-state index is 0.0970. The smallest absolute Gasteiger partial charge is 0.268 e. The number of fused-ring (bicyclic) bond motifs is 1. The molecule has 0 atom stereocenters. The van der Waals surface area contributed by atoms with Crippen LogP contribution in [0, 0.1) is 6.92 Å². The Hall–Kier alpha value is -3.55. The van der Waals surface area contributed by atoms with Gasteiger partial charge in [0.05, 0.1) is 23.1 Å². The second-order valence-electron chi connectivity index (χ2n) is 7.29. The SMILES string of the molecule is C=Cc1ccc(Cn2cnc3sc(-c4nc(-c5ccc(Cl)cc5)no4)c(C)c3c2=O)cc1. The summed E-state index contributed by atoms with van der Waals surface area (Å²) in [4.78, 5) is 23.6. The Kier molecular flexibility index (Phi) is 5.20. The van der Waals surface area contributed by atoms with Crippen molar-refractivity contribution in [2.75, 3.05) is 0 Å². The van der Waals surface area contributed by atoms with Gasteiger partial charge in [-0.25, -0.2) is 4.98 Å². The van der Waals surface area contributed by atoms with Crippen LogP contribution in [0.25, 0.3) is 38.4 Å². The van der Waals surface area contributed by atoms with Gasteiger partial charge in [0.1, 0.15) is 4.83 Å². The molecule has 0 fully saturated rings. The van der Waals surface area contributed by atoms with Crippen LogP contribution in [0.1, 0.15) is 16.7 Å².